The van der Waals surface area contributed by atoms with Gasteiger partial charge in [0, 0.05) is 12.1 Å². The molecule has 0 radical (unpaired) electrons. The molecule has 27 heavy (non-hydrogen) atoms. The van der Waals surface area contributed by atoms with Gasteiger partial charge < -0.3 is 14.7 Å². The number of hydrogen-bond acceptors (Lipinski definition) is 8. The minimum Gasteiger partial charge on any atom is -0.443 e. The van der Waals surface area contributed by atoms with E-state index >= 15 is 0 Å². The van der Waals surface area contributed by atoms with E-state index in [1.54, 1.807) is 12.1 Å². The third kappa shape index (κ3) is 3.44. The molecule has 10 heteroatoms. The van der Waals surface area contributed by atoms with E-state index in [0.717, 1.165) is 29.8 Å². The zero-order chi connectivity index (χ0) is 18.8. The van der Waals surface area contributed by atoms with Gasteiger partial charge >= 0.3 is 0 Å². The fourth-order valence-corrected chi connectivity index (χ4v) is 3.46. The lowest BCUT2D eigenvalue weighted by molar-refractivity contribution is 0.102. The number of anilines is 1. The molecule has 0 unspecified atom stereocenters. The molecule has 138 valence electrons. The highest BCUT2D eigenvalue weighted by Crippen LogP contribution is 2.25. The fourth-order valence-electron chi connectivity index (χ4n) is 2.78. The normalized spacial score (nSPS) is 11.2. The Morgan fingerprint density at radius 2 is 2.26 bits per heavy atom. The molecular weight excluding hydrogens is 366 g/mol. The van der Waals surface area contributed by atoms with Gasteiger partial charge in [-0.15, -0.1) is 10.2 Å². The van der Waals surface area contributed by atoms with Gasteiger partial charge in [0.1, 0.15) is 12.1 Å². The third-order valence-electron chi connectivity index (χ3n) is 4.05. The van der Waals surface area contributed by atoms with Crippen molar-refractivity contribution < 1.29 is 9.21 Å². The molecule has 0 atom stereocenters. The number of nitrogens with two attached hydrogens (primary N) is 1. The van der Waals surface area contributed by atoms with Crippen LogP contribution in [0.1, 0.15) is 22.6 Å². The summed E-state index contributed by atoms with van der Waals surface area (Å²) < 4.78 is 7.29. The molecule has 0 spiro atoms. The van der Waals surface area contributed by atoms with Gasteiger partial charge in [0.05, 0.1) is 17.2 Å². The molecule has 1 amide bonds. The number of nitrogens with one attached hydrogen (secondary N) is 1. The Bertz CT molecular complexity index is 1080. The summed E-state index contributed by atoms with van der Waals surface area (Å²) in [6.45, 7) is 3.37. The zero-order valence-corrected chi connectivity index (χ0v) is 15.4. The van der Waals surface area contributed by atoms with Crippen molar-refractivity contribution in [2.45, 2.75) is 19.9 Å². The van der Waals surface area contributed by atoms with E-state index in [9.17, 15) is 4.79 Å². The largest absolute Gasteiger partial charge is 0.443 e. The first kappa shape index (κ1) is 17.3. The standard InChI is InChI=1S/C17H17N7O2S/c1-10-20-12-9-11(3-4-13(12)24(10)7-2-5-18)14(25)21-17-23-22-16(27-17)15-19-6-8-26-15/h3-4,6,8-9H,2,5,7,18H2,1H3,(H,21,23,25). The highest BCUT2D eigenvalue weighted by molar-refractivity contribution is 7.18. The minimum absolute atomic E-state index is 0.277. The van der Waals surface area contributed by atoms with Crippen molar-refractivity contribution in [1.29, 1.82) is 0 Å². The molecule has 0 saturated carbocycles. The second kappa shape index (κ2) is 7.25. The summed E-state index contributed by atoms with van der Waals surface area (Å²) >= 11 is 1.19. The lowest BCUT2D eigenvalue weighted by Gasteiger charge is -2.06. The molecule has 4 rings (SSSR count). The smallest absolute Gasteiger partial charge is 0.257 e. The summed E-state index contributed by atoms with van der Waals surface area (Å²) in [6.07, 6.45) is 3.86. The number of fused-ring (bicyclic) bond motifs is 1. The van der Waals surface area contributed by atoms with Gasteiger partial charge in [-0.25, -0.2) is 9.97 Å². The van der Waals surface area contributed by atoms with Gasteiger partial charge in [-0.1, -0.05) is 11.3 Å². The van der Waals surface area contributed by atoms with Crippen LogP contribution in [0, 0.1) is 6.92 Å². The van der Waals surface area contributed by atoms with Gasteiger partial charge in [-0.3, -0.25) is 10.1 Å². The first-order chi connectivity index (χ1) is 13.2. The number of nitrogens with zero attached hydrogens (tertiary/aromatic N) is 5. The maximum absolute atomic E-state index is 12.6. The van der Waals surface area contributed by atoms with Crippen molar-refractivity contribution >= 4 is 33.4 Å². The van der Waals surface area contributed by atoms with E-state index < -0.39 is 0 Å². The van der Waals surface area contributed by atoms with Crippen LogP contribution in [0.3, 0.4) is 0 Å². The first-order valence-corrected chi connectivity index (χ1v) is 9.19. The second-order valence-corrected chi connectivity index (χ2v) is 6.84. The van der Waals surface area contributed by atoms with Gasteiger partial charge in [-0.2, -0.15) is 0 Å². The summed E-state index contributed by atoms with van der Waals surface area (Å²) in [4.78, 5) is 21.1. The molecule has 9 nitrogen and oxygen atoms in total. The van der Waals surface area contributed by atoms with Crippen LogP contribution in [0.2, 0.25) is 0 Å². The molecule has 0 aliphatic rings. The number of aromatic nitrogens is 5. The lowest BCUT2D eigenvalue weighted by atomic mass is 10.2. The van der Waals surface area contributed by atoms with E-state index in [0.29, 0.717) is 28.1 Å². The van der Waals surface area contributed by atoms with Crippen LogP contribution in [-0.2, 0) is 6.54 Å². The Morgan fingerprint density at radius 3 is 3.04 bits per heavy atom. The number of carbonyl (C=O) groups excluding carboxylic acids is 1. The number of carbonyl (C=O) groups is 1. The Kier molecular flexibility index (Phi) is 4.65. The van der Waals surface area contributed by atoms with E-state index in [1.165, 1.54) is 23.8 Å². The number of hydrogen-bond donors (Lipinski definition) is 2. The summed E-state index contributed by atoms with van der Waals surface area (Å²) in [7, 11) is 0. The maximum Gasteiger partial charge on any atom is 0.257 e. The Hall–Kier alpha value is -3.11. The average Bonchev–Trinajstić information content (AvgIpc) is 3.39. The maximum atomic E-state index is 12.6. The summed E-state index contributed by atoms with van der Waals surface area (Å²) in [6, 6.07) is 5.44. The first-order valence-electron chi connectivity index (χ1n) is 8.37. The molecule has 4 aromatic rings. The molecule has 3 aromatic heterocycles. The topological polar surface area (TPSA) is 125 Å². The molecular formula is C17H17N7O2S. The number of amides is 1. The number of rotatable bonds is 6. The molecule has 3 heterocycles. The lowest BCUT2D eigenvalue weighted by Crippen LogP contribution is -2.11. The fraction of sp³-hybridized carbons (Fsp3) is 0.235. The summed E-state index contributed by atoms with van der Waals surface area (Å²) in [5.41, 5.74) is 7.86. The Labute approximate surface area is 158 Å². The van der Waals surface area contributed by atoms with Crippen molar-refractivity contribution in [1.82, 2.24) is 24.7 Å². The third-order valence-corrected chi connectivity index (χ3v) is 4.87. The summed E-state index contributed by atoms with van der Waals surface area (Å²) in [5, 5.41) is 11.5. The Balaban J connectivity index is 1.54. The van der Waals surface area contributed by atoms with Crippen LogP contribution < -0.4 is 11.1 Å². The van der Waals surface area contributed by atoms with Crippen LogP contribution in [0.25, 0.3) is 21.9 Å². The zero-order valence-electron chi connectivity index (χ0n) is 14.5. The van der Waals surface area contributed by atoms with E-state index in [1.807, 2.05) is 13.0 Å². The molecule has 0 fully saturated rings. The van der Waals surface area contributed by atoms with Crippen LogP contribution >= 0.6 is 11.3 Å². The predicted molar refractivity (Wildman–Crippen MR) is 102 cm³/mol. The highest BCUT2D eigenvalue weighted by Gasteiger charge is 2.15. The van der Waals surface area contributed by atoms with Crippen molar-refractivity contribution in [2.24, 2.45) is 5.73 Å². The summed E-state index contributed by atoms with van der Waals surface area (Å²) in [5.74, 6) is 0.991. The van der Waals surface area contributed by atoms with Crippen LogP contribution in [-0.4, -0.2) is 37.2 Å². The van der Waals surface area contributed by atoms with Crippen molar-refractivity contribution in [3.8, 4) is 10.9 Å². The second-order valence-electron chi connectivity index (χ2n) is 5.86. The number of imidazole rings is 1. The minimum atomic E-state index is -0.277. The predicted octanol–water partition coefficient (Wildman–Crippen LogP) is 2.45. The molecule has 1 aromatic carbocycles. The number of oxazole rings is 1. The Morgan fingerprint density at radius 1 is 1.37 bits per heavy atom. The van der Waals surface area contributed by atoms with E-state index in [4.69, 9.17) is 10.2 Å². The monoisotopic (exact) mass is 383 g/mol. The van der Waals surface area contributed by atoms with Crippen LogP contribution in [0.5, 0.6) is 0 Å². The van der Waals surface area contributed by atoms with Crippen molar-refractivity contribution in [3.05, 3.63) is 42.0 Å². The molecule has 0 aliphatic heterocycles. The number of benzene rings is 1. The molecule has 3 N–H and O–H groups in total. The van der Waals surface area contributed by atoms with Crippen molar-refractivity contribution in [2.75, 3.05) is 11.9 Å². The highest BCUT2D eigenvalue weighted by atomic mass is 32.1. The van der Waals surface area contributed by atoms with Crippen molar-refractivity contribution in [3.63, 3.8) is 0 Å². The van der Waals surface area contributed by atoms with E-state index in [-0.39, 0.29) is 5.91 Å². The molecule has 0 saturated heterocycles. The molecule has 0 bridgehead atoms. The van der Waals surface area contributed by atoms with Crippen LogP contribution in [0.4, 0.5) is 5.13 Å². The average molecular weight is 383 g/mol. The van der Waals surface area contributed by atoms with Gasteiger partial charge in [0.2, 0.25) is 10.1 Å². The van der Waals surface area contributed by atoms with E-state index in [2.05, 4.69) is 30.0 Å². The number of aryl methyl sites for hydroxylation is 2. The van der Waals surface area contributed by atoms with Gasteiger partial charge in [0.15, 0.2) is 0 Å². The molecule has 0 aliphatic carbocycles. The van der Waals surface area contributed by atoms with Crippen LogP contribution in [0.15, 0.2) is 35.1 Å². The quantitative estimate of drug-likeness (QED) is 0.524. The van der Waals surface area contributed by atoms with Gasteiger partial charge in [-0.05, 0) is 38.1 Å². The van der Waals surface area contributed by atoms with Gasteiger partial charge in [0.25, 0.3) is 11.8 Å². The SMILES string of the molecule is Cc1nc2cc(C(=O)Nc3nnc(-c4ncco4)s3)ccc2n1CCCN.